The molecule has 2 aliphatic carbocycles. The molecule has 0 aromatic heterocycles. The molecule has 72 valence electrons. The van der Waals surface area contributed by atoms with Crippen molar-refractivity contribution in [3.8, 4) is 0 Å². The predicted molar refractivity (Wildman–Crippen MR) is 44.8 cm³/mol. The van der Waals surface area contributed by atoms with Gasteiger partial charge in [-0.1, -0.05) is 6.92 Å². The van der Waals surface area contributed by atoms with E-state index in [1.807, 2.05) is 0 Å². The number of aliphatic hydroxyl groups excluding tert-OH is 1. The number of carbonyl (C=O) groups is 1. The molecule has 6 unspecified atom stereocenters. The second-order valence-corrected chi connectivity index (χ2v) is 4.55. The molecular weight excluding hydrogens is 168 g/mol. The Balaban J connectivity index is 2.00. The smallest absolute Gasteiger partial charge is 0.312 e. The monoisotopic (exact) mass is 182 g/mol. The van der Waals surface area contributed by atoms with Gasteiger partial charge in [0.05, 0.1) is 12.0 Å². The number of aliphatic hydroxyl groups is 1. The minimum Gasteiger partial charge on any atom is -0.461 e. The average Bonchev–Trinajstić information content (AvgIpc) is 2.65. The van der Waals surface area contributed by atoms with E-state index in [-0.39, 0.29) is 18.0 Å². The predicted octanol–water partition coefficient (Wildman–Crippen LogP) is 0.565. The standard InChI is InChI=1S/C10H14O3/c1-2-4-5-3-6-7(8(5)11)10(12)13-9(4)6/h4-9,11H,2-3H2,1H3. The second-order valence-electron chi connectivity index (χ2n) is 4.55. The number of esters is 1. The van der Waals surface area contributed by atoms with Crippen LogP contribution in [-0.2, 0) is 9.53 Å². The van der Waals surface area contributed by atoms with Crippen LogP contribution in [0.25, 0.3) is 0 Å². The fourth-order valence-electron chi connectivity index (χ4n) is 3.68. The normalized spacial score (nSPS) is 57.2. The Kier molecular flexibility index (Phi) is 1.36. The van der Waals surface area contributed by atoms with Gasteiger partial charge in [-0.15, -0.1) is 0 Å². The highest BCUT2D eigenvalue weighted by atomic mass is 16.6. The summed E-state index contributed by atoms with van der Waals surface area (Å²) >= 11 is 0. The zero-order valence-corrected chi connectivity index (χ0v) is 7.64. The zero-order valence-electron chi connectivity index (χ0n) is 7.64. The van der Waals surface area contributed by atoms with Crippen LogP contribution in [0.5, 0.6) is 0 Å². The van der Waals surface area contributed by atoms with Crippen LogP contribution in [0.2, 0.25) is 0 Å². The van der Waals surface area contributed by atoms with Crippen molar-refractivity contribution < 1.29 is 14.6 Å². The van der Waals surface area contributed by atoms with Gasteiger partial charge in [-0.05, 0) is 18.8 Å². The third-order valence-electron chi connectivity index (χ3n) is 4.20. The molecule has 1 saturated heterocycles. The Bertz CT molecular complexity index is 263. The molecule has 3 nitrogen and oxygen atoms in total. The van der Waals surface area contributed by atoms with Crippen LogP contribution in [-0.4, -0.2) is 23.3 Å². The molecule has 3 fully saturated rings. The van der Waals surface area contributed by atoms with Crippen LogP contribution in [0.3, 0.4) is 0 Å². The summed E-state index contributed by atoms with van der Waals surface area (Å²) in [7, 11) is 0. The Morgan fingerprint density at radius 1 is 1.54 bits per heavy atom. The van der Waals surface area contributed by atoms with Gasteiger partial charge in [-0.3, -0.25) is 4.79 Å². The van der Waals surface area contributed by atoms with E-state index in [1.165, 1.54) is 0 Å². The first kappa shape index (κ1) is 7.80. The molecule has 2 bridgehead atoms. The van der Waals surface area contributed by atoms with Crippen molar-refractivity contribution in [1.82, 2.24) is 0 Å². The lowest BCUT2D eigenvalue weighted by molar-refractivity contribution is -0.145. The highest BCUT2D eigenvalue weighted by Gasteiger charge is 2.65. The highest BCUT2D eigenvalue weighted by Crippen LogP contribution is 2.58. The molecule has 0 amide bonds. The molecule has 1 aliphatic heterocycles. The van der Waals surface area contributed by atoms with Crippen molar-refractivity contribution in [3.05, 3.63) is 0 Å². The number of hydrogen-bond acceptors (Lipinski definition) is 3. The molecule has 0 spiro atoms. The Morgan fingerprint density at radius 3 is 3.00 bits per heavy atom. The minimum absolute atomic E-state index is 0.135. The Hall–Kier alpha value is -0.570. The van der Waals surface area contributed by atoms with Crippen molar-refractivity contribution in [2.75, 3.05) is 0 Å². The second kappa shape index (κ2) is 2.27. The van der Waals surface area contributed by atoms with E-state index >= 15 is 0 Å². The third-order valence-corrected chi connectivity index (χ3v) is 4.20. The van der Waals surface area contributed by atoms with E-state index in [0.717, 1.165) is 12.8 Å². The maximum absolute atomic E-state index is 11.4. The molecule has 3 heteroatoms. The van der Waals surface area contributed by atoms with E-state index in [0.29, 0.717) is 17.8 Å². The van der Waals surface area contributed by atoms with E-state index in [4.69, 9.17) is 4.74 Å². The molecule has 13 heavy (non-hydrogen) atoms. The number of hydrogen-bond donors (Lipinski definition) is 1. The Morgan fingerprint density at radius 2 is 2.31 bits per heavy atom. The van der Waals surface area contributed by atoms with E-state index in [9.17, 15) is 9.90 Å². The van der Waals surface area contributed by atoms with E-state index < -0.39 is 6.10 Å². The van der Waals surface area contributed by atoms with Crippen LogP contribution >= 0.6 is 0 Å². The first-order valence-corrected chi connectivity index (χ1v) is 5.12. The molecule has 0 aromatic rings. The number of ether oxygens (including phenoxy) is 1. The summed E-state index contributed by atoms with van der Waals surface area (Å²) < 4.78 is 5.31. The summed E-state index contributed by atoms with van der Waals surface area (Å²) in [5.74, 6) is 0.746. The van der Waals surface area contributed by atoms with Crippen molar-refractivity contribution in [2.45, 2.75) is 32.0 Å². The van der Waals surface area contributed by atoms with Crippen LogP contribution in [0, 0.1) is 23.7 Å². The maximum Gasteiger partial charge on any atom is 0.312 e. The summed E-state index contributed by atoms with van der Waals surface area (Å²) in [5, 5.41) is 9.88. The fraction of sp³-hybridized carbons (Fsp3) is 0.900. The SMILES string of the molecule is CCC1C2CC3C1OC(=O)C3C2O. The lowest BCUT2D eigenvalue weighted by Gasteiger charge is -2.27. The molecule has 0 aromatic carbocycles. The van der Waals surface area contributed by atoms with Gasteiger partial charge in [0, 0.05) is 11.8 Å². The van der Waals surface area contributed by atoms with Crippen molar-refractivity contribution >= 4 is 5.97 Å². The molecule has 3 aliphatic rings. The molecule has 3 rings (SSSR count). The van der Waals surface area contributed by atoms with Crippen molar-refractivity contribution in [1.29, 1.82) is 0 Å². The van der Waals surface area contributed by atoms with Crippen LogP contribution < -0.4 is 0 Å². The topological polar surface area (TPSA) is 46.5 Å². The molecule has 0 radical (unpaired) electrons. The van der Waals surface area contributed by atoms with Gasteiger partial charge in [-0.2, -0.15) is 0 Å². The number of rotatable bonds is 1. The van der Waals surface area contributed by atoms with Crippen LogP contribution in [0.1, 0.15) is 19.8 Å². The quantitative estimate of drug-likeness (QED) is 0.603. The molecular formula is C10H14O3. The third kappa shape index (κ3) is 0.725. The zero-order chi connectivity index (χ0) is 9.16. The summed E-state index contributed by atoms with van der Waals surface area (Å²) in [4.78, 5) is 11.4. The minimum atomic E-state index is -0.416. The average molecular weight is 182 g/mol. The summed E-state index contributed by atoms with van der Waals surface area (Å²) in [6.45, 7) is 2.11. The van der Waals surface area contributed by atoms with E-state index in [2.05, 4.69) is 6.92 Å². The molecule has 2 saturated carbocycles. The van der Waals surface area contributed by atoms with Crippen LogP contribution in [0.4, 0.5) is 0 Å². The van der Waals surface area contributed by atoms with Gasteiger partial charge < -0.3 is 9.84 Å². The Labute approximate surface area is 77.1 Å². The largest absolute Gasteiger partial charge is 0.461 e. The summed E-state index contributed by atoms with van der Waals surface area (Å²) in [5.41, 5.74) is 0. The van der Waals surface area contributed by atoms with Gasteiger partial charge in [0.2, 0.25) is 0 Å². The molecule has 1 heterocycles. The first-order valence-electron chi connectivity index (χ1n) is 5.12. The van der Waals surface area contributed by atoms with Crippen molar-refractivity contribution in [2.24, 2.45) is 23.7 Å². The van der Waals surface area contributed by atoms with E-state index in [1.54, 1.807) is 0 Å². The van der Waals surface area contributed by atoms with Gasteiger partial charge in [0.25, 0.3) is 0 Å². The van der Waals surface area contributed by atoms with Gasteiger partial charge in [0.15, 0.2) is 0 Å². The highest BCUT2D eigenvalue weighted by molar-refractivity contribution is 5.77. The lowest BCUT2D eigenvalue weighted by atomic mass is 9.79. The van der Waals surface area contributed by atoms with Crippen molar-refractivity contribution in [3.63, 3.8) is 0 Å². The number of carbonyl (C=O) groups excluding carboxylic acids is 1. The number of fused-ring (bicyclic) bond motifs is 1. The maximum atomic E-state index is 11.4. The molecule has 1 N–H and O–H groups in total. The fourth-order valence-corrected chi connectivity index (χ4v) is 3.68. The van der Waals surface area contributed by atoms with Gasteiger partial charge in [-0.25, -0.2) is 0 Å². The lowest BCUT2D eigenvalue weighted by Crippen LogP contribution is -2.36. The molecule has 6 atom stereocenters. The summed E-state index contributed by atoms with van der Waals surface area (Å²) in [6, 6.07) is 0. The van der Waals surface area contributed by atoms with Gasteiger partial charge in [0.1, 0.15) is 6.10 Å². The van der Waals surface area contributed by atoms with Crippen LogP contribution in [0.15, 0.2) is 0 Å². The first-order chi connectivity index (χ1) is 6.24. The summed E-state index contributed by atoms with van der Waals surface area (Å²) in [6.07, 6.45) is 1.74. The van der Waals surface area contributed by atoms with Gasteiger partial charge >= 0.3 is 5.97 Å².